The third-order valence-corrected chi connectivity index (χ3v) is 3.90. The van der Waals surface area contributed by atoms with Crippen molar-refractivity contribution < 1.29 is 5.11 Å². The fourth-order valence-corrected chi connectivity index (χ4v) is 2.49. The molecular weight excluding hydrogens is 220 g/mol. The molecule has 1 rings (SSSR count). The lowest BCUT2D eigenvalue weighted by Gasteiger charge is -2.06. The number of anilines is 1. The van der Waals surface area contributed by atoms with Crippen LogP contribution in [0.5, 0.6) is 0 Å². The molecule has 0 aliphatic heterocycles. The summed E-state index contributed by atoms with van der Waals surface area (Å²) in [4.78, 5) is 0. The lowest BCUT2D eigenvalue weighted by atomic mass is 10.3. The van der Waals surface area contributed by atoms with Crippen LogP contribution in [0.2, 0.25) is 0 Å². The number of aromatic nitrogens is 2. The second-order valence-corrected chi connectivity index (χ2v) is 5.27. The molecule has 0 spiro atoms. The second kappa shape index (κ2) is 6.18. The van der Waals surface area contributed by atoms with E-state index in [-0.39, 0.29) is 6.61 Å². The topological polar surface area (TPSA) is 84.1 Å². The van der Waals surface area contributed by atoms with Crippen LogP contribution in [0.3, 0.4) is 0 Å². The van der Waals surface area contributed by atoms with E-state index in [4.69, 9.17) is 10.9 Å². The molecule has 0 aliphatic carbocycles. The fraction of sp³-hybridized carbons (Fsp3) is 0.714. The maximum Gasteiger partial charge on any atom is 0.219 e. The molecule has 14 heavy (non-hydrogen) atoms. The Kier molecular flexibility index (Phi) is 5.16. The summed E-state index contributed by atoms with van der Waals surface area (Å²) < 4.78 is 0. The van der Waals surface area contributed by atoms with Gasteiger partial charge < -0.3 is 5.11 Å². The third-order valence-electron chi connectivity index (χ3n) is 1.62. The van der Waals surface area contributed by atoms with Gasteiger partial charge in [-0.25, -0.2) is 5.84 Å². The molecule has 4 N–H and O–H groups in total. The highest BCUT2D eigenvalue weighted by atomic mass is 32.2. The monoisotopic (exact) mass is 234 g/mol. The van der Waals surface area contributed by atoms with E-state index < -0.39 is 0 Å². The highest BCUT2D eigenvalue weighted by Crippen LogP contribution is 2.23. The van der Waals surface area contributed by atoms with Gasteiger partial charge >= 0.3 is 0 Å². The molecule has 1 atom stereocenters. The number of aliphatic hydroxyl groups excluding tert-OH is 1. The summed E-state index contributed by atoms with van der Waals surface area (Å²) in [5.74, 6) is 6.00. The van der Waals surface area contributed by atoms with Gasteiger partial charge in [0.15, 0.2) is 0 Å². The predicted octanol–water partition coefficient (Wildman–Crippen LogP) is 0.828. The summed E-state index contributed by atoms with van der Waals surface area (Å²) in [5.41, 5.74) is 2.46. The standard InChI is InChI=1S/C7H14N4OS2/c1-5(2-3-12)13-4-6-10-11-7(9-8)14-6/h5,12H,2-4,8H2,1H3,(H,9,11). The summed E-state index contributed by atoms with van der Waals surface area (Å²) in [5, 5.41) is 18.5. The lowest BCUT2D eigenvalue weighted by Crippen LogP contribution is -2.05. The van der Waals surface area contributed by atoms with Gasteiger partial charge in [0.25, 0.3) is 0 Å². The first-order valence-electron chi connectivity index (χ1n) is 4.27. The van der Waals surface area contributed by atoms with Gasteiger partial charge in [0.2, 0.25) is 5.13 Å². The SMILES string of the molecule is CC(CCO)SCc1nnc(NN)s1. The maximum atomic E-state index is 8.71. The smallest absolute Gasteiger partial charge is 0.219 e. The van der Waals surface area contributed by atoms with Gasteiger partial charge in [-0.3, -0.25) is 5.43 Å². The number of hydrogen-bond acceptors (Lipinski definition) is 7. The van der Waals surface area contributed by atoms with Crippen LogP contribution in [0.1, 0.15) is 18.4 Å². The van der Waals surface area contributed by atoms with Gasteiger partial charge in [-0.1, -0.05) is 18.3 Å². The third kappa shape index (κ3) is 3.79. The molecule has 80 valence electrons. The molecule has 0 saturated heterocycles. The normalized spacial score (nSPS) is 12.8. The number of nitrogens with two attached hydrogens (primary N) is 1. The summed E-state index contributed by atoms with van der Waals surface area (Å²) in [6, 6.07) is 0. The lowest BCUT2D eigenvalue weighted by molar-refractivity contribution is 0.289. The molecule has 1 aromatic rings. The minimum atomic E-state index is 0.236. The summed E-state index contributed by atoms with van der Waals surface area (Å²) in [7, 11) is 0. The van der Waals surface area contributed by atoms with E-state index in [1.54, 1.807) is 11.8 Å². The van der Waals surface area contributed by atoms with Crippen LogP contribution < -0.4 is 11.3 Å². The summed E-state index contributed by atoms with van der Waals surface area (Å²) in [6.45, 7) is 2.32. The largest absolute Gasteiger partial charge is 0.396 e. The Morgan fingerprint density at radius 1 is 1.64 bits per heavy atom. The van der Waals surface area contributed by atoms with Crippen LogP contribution in [-0.2, 0) is 5.75 Å². The number of nitrogens with zero attached hydrogens (tertiary/aromatic N) is 2. The van der Waals surface area contributed by atoms with Crippen molar-refractivity contribution in [3.05, 3.63) is 5.01 Å². The average Bonchev–Trinajstić information content (AvgIpc) is 2.63. The van der Waals surface area contributed by atoms with Crippen molar-refractivity contribution in [2.24, 2.45) is 5.84 Å². The Balaban J connectivity index is 2.30. The number of nitrogens with one attached hydrogen (secondary N) is 1. The molecule has 1 heterocycles. The highest BCUT2D eigenvalue weighted by molar-refractivity contribution is 7.99. The first kappa shape index (κ1) is 11.7. The number of thioether (sulfide) groups is 1. The van der Waals surface area contributed by atoms with Crippen LogP contribution in [0.4, 0.5) is 5.13 Å². The Morgan fingerprint density at radius 3 is 3.00 bits per heavy atom. The molecule has 0 amide bonds. The van der Waals surface area contributed by atoms with E-state index in [9.17, 15) is 0 Å². The minimum Gasteiger partial charge on any atom is -0.396 e. The summed E-state index contributed by atoms with van der Waals surface area (Å²) >= 11 is 3.21. The van der Waals surface area contributed by atoms with Crippen molar-refractivity contribution in [3.63, 3.8) is 0 Å². The highest BCUT2D eigenvalue weighted by Gasteiger charge is 2.06. The molecular formula is C7H14N4OS2. The van der Waals surface area contributed by atoms with Gasteiger partial charge in [0, 0.05) is 17.6 Å². The number of hydrogen-bond donors (Lipinski definition) is 3. The summed E-state index contributed by atoms with van der Waals surface area (Å²) in [6.07, 6.45) is 0.811. The number of aliphatic hydroxyl groups is 1. The van der Waals surface area contributed by atoms with Crippen molar-refractivity contribution in [1.82, 2.24) is 10.2 Å². The zero-order valence-electron chi connectivity index (χ0n) is 7.93. The number of nitrogen functional groups attached to an aromatic ring is 1. The maximum absolute atomic E-state index is 8.71. The molecule has 1 unspecified atom stereocenters. The van der Waals surface area contributed by atoms with Crippen molar-refractivity contribution >= 4 is 28.2 Å². The van der Waals surface area contributed by atoms with Crippen molar-refractivity contribution in [2.45, 2.75) is 24.3 Å². The molecule has 5 nitrogen and oxygen atoms in total. The Morgan fingerprint density at radius 2 is 2.43 bits per heavy atom. The van der Waals surface area contributed by atoms with E-state index in [1.165, 1.54) is 11.3 Å². The number of hydrazine groups is 1. The van der Waals surface area contributed by atoms with Gasteiger partial charge in [0.1, 0.15) is 5.01 Å². The van der Waals surface area contributed by atoms with Crippen LogP contribution in [0.25, 0.3) is 0 Å². The average molecular weight is 234 g/mol. The fourth-order valence-electron chi connectivity index (χ4n) is 0.849. The van der Waals surface area contributed by atoms with E-state index >= 15 is 0 Å². The van der Waals surface area contributed by atoms with Crippen molar-refractivity contribution in [1.29, 1.82) is 0 Å². The second-order valence-electron chi connectivity index (χ2n) is 2.78. The van der Waals surface area contributed by atoms with E-state index in [1.807, 2.05) is 0 Å². The Hall–Kier alpha value is -0.370. The zero-order chi connectivity index (χ0) is 10.4. The minimum absolute atomic E-state index is 0.236. The van der Waals surface area contributed by atoms with Gasteiger partial charge in [-0.15, -0.1) is 10.2 Å². The molecule has 0 fully saturated rings. The first-order chi connectivity index (χ1) is 6.76. The molecule has 0 saturated carbocycles. The molecule has 0 aromatic carbocycles. The van der Waals surface area contributed by atoms with Crippen molar-refractivity contribution in [2.75, 3.05) is 12.0 Å². The number of rotatable bonds is 6. The van der Waals surface area contributed by atoms with E-state index in [0.717, 1.165) is 17.2 Å². The Labute approximate surface area is 91.1 Å². The first-order valence-corrected chi connectivity index (χ1v) is 6.14. The van der Waals surface area contributed by atoms with Gasteiger partial charge in [-0.2, -0.15) is 11.8 Å². The van der Waals surface area contributed by atoms with Gasteiger partial charge in [-0.05, 0) is 6.42 Å². The van der Waals surface area contributed by atoms with Crippen LogP contribution in [-0.4, -0.2) is 27.2 Å². The molecule has 0 aliphatic rings. The molecule has 0 bridgehead atoms. The van der Waals surface area contributed by atoms with Crippen LogP contribution in [0, 0.1) is 0 Å². The Bertz CT molecular complexity index is 268. The van der Waals surface area contributed by atoms with E-state index in [0.29, 0.717) is 10.4 Å². The van der Waals surface area contributed by atoms with Gasteiger partial charge in [0.05, 0.1) is 0 Å². The van der Waals surface area contributed by atoms with Crippen LogP contribution >= 0.6 is 23.1 Å². The quantitative estimate of drug-likeness (QED) is 0.499. The molecule has 0 radical (unpaired) electrons. The van der Waals surface area contributed by atoms with E-state index in [2.05, 4.69) is 22.5 Å². The molecule has 1 aromatic heterocycles. The molecule has 7 heteroatoms. The predicted molar refractivity (Wildman–Crippen MR) is 60.2 cm³/mol. The zero-order valence-corrected chi connectivity index (χ0v) is 9.57. The van der Waals surface area contributed by atoms with Crippen molar-refractivity contribution in [3.8, 4) is 0 Å². The van der Waals surface area contributed by atoms with Crippen LogP contribution in [0.15, 0.2) is 0 Å².